The van der Waals surface area contributed by atoms with Gasteiger partial charge in [-0.15, -0.1) is 0 Å². The maximum atomic E-state index is 13.0. The predicted molar refractivity (Wildman–Crippen MR) is 65.6 cm³/mol. The molecule has 0 aliphatic heterocycles. The molecule has 0 aliphatic carbocycles. The summed E-state index contributed by atoms with van der Waals surface area (Å²) in [5.74, 6) is -0.186. The van der Waals surface area contributed by atoms with Crippen molar-refractivity contribution in [1.29, 1.82) is 0 Å². The van der Waals surface area contributed by atoms with E-state index in [4.69, 9.17) is 26.1 Å². The first kappa shape index (κ1) is 13.3. The Balaban J connectivity index is 2.34. The highest BCUT2D eigenvalue weighted by molar-refractivity contribution is 6.31. The van der Waals surface area contributed by atoms with E-state index in [-0.39, 0.29) is 22.5 Å². The third-order valence-electron chi connectivity index (χ3n) is 2.18. The number of nitrogens with zero attached hydrogens (tertiary/aromatic N) is 2. The summed E-state index contributed by atoms with van der Waals surface area (Å²) in [5.41, 5.74) is 2.19. The van der Waals surface area contributed by atoms with Gasteiger partial charge in [-0.2, -0.15) is 0 Å². The first-order chi connectivity index (χ1) is 9.13. The molecule has 1 heterocycles. The molecule has 6 nitrogen and oxygen atoms in total. The van der Waals surface area contributed by atoms with Crippen LogP contribution in [0, 0.1) is 5.82 Å². The number of nitrogens with one attached hydrogen (secondary N) is 1. The quantitative estimate of drug-likeness (QED) is 0.514. The van der Waals surface area contributed by atoms with Crippen molar-refractivity contribution >= 4 is 23.1 Å². The van der Waals surface area contributed by atoms with Crippen LogP contribution in [-0.4, -0.2) is 23.3 Å². The van der Waals surface area contributed by atoms with Gasteiger partial charge in [0.2, 0.25) is 5.76 Å². The molecule has 0 amide bonds. The fourth-order valence-corrected chi connectivity index (χ4v) is 1.46. The van der Waals surface area contributed by atoms with E-state index in [1.165, 1.54) is 25.3 Å². The smallest absolute Gasteiger partial charge is 0.254 e. The molecule has 2 aromatic rings. The second kappa shape index (κ2) is 5.68. The number of amidine groups is 1. The molecule has 0 radical (unpaired) electrons. The Hall–Kier alpha value is -2.12. The van der Waals surface area contributed by atoms with Crippen LogP contribution in [0.3, 0.4) is 0 Å². The van der Waals surface area contributed by atoms with Gasteiger partial charge in [-0.1, -0.05) is 11.6 Å². The summed E-state index contributed by atoms with van der Waals surface area (Å²) < 4.78 is 22.7. The maximum absolute atomic E-state index is 13.0. The molecule has 0 aliphatic rings. The highest BCUT2D eigenvalue weighted by Gasteiger charge is 2.11. The lowest BCUT2D eigenvalue weighted by Crippen LogP contribution is -2.19. The number of aliphatic imine (C=N–C) groups is 1. The minimum atomic E-state index is -0.555. The van der Waals surface area contributed by atoms with Crippen molar-refractivity contribution in [2.24, 2.45) is 4.99 Å². The third-order valence-corrected chi connectivity index (χ3v) is 2.47. The number of ether oxygens (including phenoxy) is 1. The molecule has 8 heteroatoms. The number of methoxy groups -OCH3 is 1. The molecule has 0 saturated heterocycles. The molecule has 1 aromatic carbocycles. The normalized spacial score (nSPS) is 11.5. The highest BCUT2D eigenvalue weighted by Crippen LogP contribution is 2.22. The molecule has 0 atom stereocenters. The van der Waals surface area contributed by atoms with Crippen molar-refractivity contribution < 1.29 is 18.9 Å². The van der Waals surface area contributed by atoms with Gasteiger partial charge in [-0.05, 0) is 23.4 Å². The minimum Gasteiger partial charge on any atom is -0.479 e. The Morgan fingerprint density at radius 1 is 1.53 bits per heavy atom. The number of benzene rings is 1. The highest BCUT2D eigenvalue weighted by atomic mass is 35.5. The third kappa shape index (κ3) is 3.01. The van der Waals surface area contributed by atoms with E-state index in [2.05, 4.69) is 10.1 Å². The lowest BCUT2D eigenvalue weighted by atomic mass is 10.3. The standard InChI is InChI=1S/C11H9ClFN3O3/c1-18-10-5-9(19-16-10)11(15-17)14-6-2-3-8(13)7(12)4-6/h2-5,17H,1H3,(H,14,15). The van der Waals surface area contributed by atoms with Crippen molar-refractivity contribution in [3.63, 3.8) is 0 Å². The Morgan fingerprint density at radius 2 is 2.32 bits per heavy atom. The number of hydrogen-bond acceptors (Lipinski definition) is 5. The van der Waals surface area contributed by atoms with Crippen molar-refractivity contribution in [2.45, 2.75) is 0 Å². The minimum absolute atomic E-state index is 0.0153. The Bertz CT molecular complexity index is 615. The molecule has 0 unspecified atom stereocenters. The van der Waals surface area contributed by atoms with Crippen LogP contribution < -0.4 is 10.2 Å². The second-order valence-electron chi connectivity index (χ2n) is 3.40. The molecule has 19 heavy (non-hydrogen) atoms. The molecular weight excluding hydrogens is 277 g/mol. The van der Waals surface area contributed by atoms with Gasteiger partial charge in [0.25, 0.3) is 5.88 Å². The Labute approximate surface area is 112 Å². The van der Waals surface area contributed by atoms with Crippen LogP contribution in [0.15, 0.2) is 33.8 Å². The van der Waals surface area contributed by atoms with Crippen LogP contribution in [0.25, 0.3) is 0 Å². The summed E-state index contributed by atoms with van der Waals surface area (Å²) in [6.45, 7) is 0. The van der Waals surface area contributed by atoms with E-state index in [0.29, 0.717) is 5.69 Å². The molecule has 0 saturated carbocycles. The van der Waals surface area contributed by atoms with Crippen LogP contribution in [0.2, 0.25) is 5.02 Å². The van der Waals surface area contributed by atoms with Crippen molar-refractivity contribution in [3.05, 3.63) is 40.9 Å². The summed E-state index contributed by atoms with van der Waals surface area (Å²) in [4.78, 5) is 4.01. The first-order valence-corrected chi connectivity index (χ1v) is 5.46. The lowest BCUT2D eigenvalue weighted by Gasteiger charge is -2.01. The van der Waals surface area contributed by atoms with Gasteiger partial charge in [0.05, 0.1) is 23.9 Å². The summed E-state index contributed by atoms with van der Waals surface area (Å²) in [6, 6.07) is 5.29. The monoisotopic (exact) mass is 285 g/mol. The van der Waals surface area contributed by atoms with Crippen molar-refractivity contribution in [1.82, 2.24) is 10.6 Å². The van der Waals surface area contributed by atoms with Gasteiger partial charge in [0.1, 0.15) is 5.82 Å². The lowest BCUT2D eigenvalue weighted by molar-refractivity contribution is 0.231. The van der Waals surface area contributed by atoms with Crippen LogP contribution >= 0.6 is 11.6 Å². The Kier molecular flexibility index (Phi) is 3.98. The van der Waals surface area contributed by atoms with Crippen molar-refractivity contribution in [3.8, 4) is 5.88 Å². The summed E-state index contributed by atoms with van der Waals surface area (Å²) >= 11 is 5.63. The van der Waals surface area contributed by atoms with Crippen molar-refractivity contribution in [2.75, 3.05) is 7.11 Å². The molecule has 2 rings (SSSR count). The molecule has 0 fully saturated rings. The SMILES string of the molecule is COc1cc(C(=Nc2ccc(F)c(Cl)c2)NO)on1. The molecule has 100 valence electrons. The van der Waals surface area contributed by atoms with E-state index >= 15 is 0 Å². The molecule has 2 N–H and O–H groups in total. The van der Waals surface area contributed by atoms with Gasteiger partial charge in [0, 0.05) is 0 Å². The fraction of sp³-hybridized carbons (Fsp3) is 0.0909. The number of hydroxylamine groups is 1. The number of hydrogen-bond donors (Lipinski definition) is 2. The van der Waals surface area contributed by atoms with E-state index in [1.807, 2.05) is 5.48 Å². The largest absolute Gasteiger partial charge is 0.479 e. The summed E-state index contributed by atoms with van der Waals surface area (Å²) in [6.07, 6.45) is 0. The van der Waals surface area contributed by atoms with E-state index in [0.717, 1.165) is 6.07 Å². The molecule has 1 aromatic heterocycles. The van der Waals surface area contributed by atoms with Crippen LogP contribution in [0.4, 0.5) is 10.1 Å². The van der Waals surface area contributed by atoms with E-state index < -0.39 is 5.82 Å². The zero-order valence-corrected chi connectivity index (χ0v) is 10.5. The fourth-order valence-electron chi connectivity index (χ4n) is 1.29. The summed E-state index contributed by atoms with van der Waals surface area (Å²) in [7, 11) is 1.42. The topological polar surface area (TPSA) is 79.9 Å². The van der Waals surface area contributed by atoms with Crippen LogP contribution in [0.1, 0.15) is 5.76 Å². The van der Waals surface area contributed by atoms with Crippen LogP contribution in [-0.2, 0) is 0 Å². The number of rotatable bonds is 3. The van der Waals surface area contributed by atoms with E-state index in [9.17, 15) is 4.39 Å². The zero-order valence-electron chi connectivity index (χ0n) is 9.72. The molecular formula is C11H9ClFN3O3. The maximum Gasteiger partial charge on any atom is 0.254 e. The van der Waals surface area contributed by atoms with Gasteiger partial charge < -0.3 is 9.26 Å². The first-order valence-electron chi connectivity index (χ1n) is 5.09. The zero-order chi connectivity index (χ0) is 13.8. The predicted octanol–water partition coefficient (Wildman–Crippen LogP) is 2.53. The average Bonchev–Trinajstić information content (AvgIpc) is 2.88. The van der Waals surface area contributed by atoms with Gasteiger partial charge in [-0.25, -0.2) is 14.9 Å². The number of halogens is 2. The molecule has 0 spiro atoms. The van der Waals surface area contributed by atoms with E-state index in [1.54, 1.807) is 0 Å². The molecule has 0 bridgehead atoms. The van der Waals surface area contributed by atoms with Gasteiger partial charge >= 0.3 is 0 Å². The van der Waals surface area contributed by atoms with Gasteiger partial charge in [0.15, 0.2) is 5.84 Å². The van der Waals surface area contributed by atoms with Gasteiger partial charge in [-0.3, -0.25) is 5.21 Å². The van der Waals surface area contributed by atoms with Crippen LogP contribution in [0.5, 0.6) is 5.88 Å². The second-order valence-corrected chi connectivity index (χ2v) is 3.81. The Morgan fingerprint density at radius 3 is 2.89 bits per heavy atom. The average molecular weight is 286 g/mol. The summed E-state index contributed by atoms with van der Waals surface area (Å²) in [5, 5.41) is 12.5. The number of aromatic nitrogens is 1.